The number of aromatic nitrogens is 5. The molecule has 9 heteroatoms. The fourth-order valence-corrected chi connectivity index (χ4v) is 1.79. The molecule has 2 rings (SSSR count). The molecule has 0 amide bonds. The normalized spacial score (nSPS) is 12.5. The number of hydrogen-bond acceptors (Lipinski definition) is 8. The van der Waals surface area contributed by atoms with E-state index >= 15 is 0 Å². The van der Waals surface area contributed by atoms with E-state index < -0.39 is 6.10 Å². The minimum absolute atomic E-state index is 0.195. The van der Waals surface area contributed by atoms with Crippen LogP contribution in [0.25, 0.3) is 0 Å². The lowest BCUT2D eigenvalue weighted by molar-refractivity contribution is 0.104. The quantitative estimate of drug-likeness (QED) is 0.615. The van der Waals surface area contributed by atoms with E-state index in [2.05, 4.69) is 24.1 Å². The molecule has 8 nitrogen and oxygen atoms in total. The highest BCUT2D eigenvalue weighted by Crippen LogP contribution is 2.04. The van der Waals surface area contributed by atoms with E-state index in [9.17, 15) is 5.11 Å². The Morgan fingerprint density at radius 3 is 3.16 bits per heavy atom. The third-order valence-electron chi connectivity index (χ3n) is 2.32. The first kappa shape index (κ1) is 13.8. The standard InChI is InChI=1S/C10H16N6O2S/c1-16-7-12-9(14-16)2-3-11-4-8(17)6-18-10-5-13-19-15-10/h5,7-8,11,17H,2-4,6H2,1H3. The van der Waals surface area contributed by atoms with Crippen LogP contribution in [-0.2, 0) is 13.5 Å². The molecule has 19 heavy (non-hydrogen) atoms. The fraction of sp³-hybridized carbons (Fsp3) is 0.600. The number of nitrogens with one attached hydrogen (secondary N) is 1. The molecule has 1 unspecified atom stereocenters. The highest BCUT2D eigenvalue weighted by molar-refractivity contribution is 6.99. The number of aryl methyl sites for hydroxylation is 1. The lowest BCUT2D eigenvalue weighted by Crippen LogP contribution is -2.32. The molecule has 104 valence electrons. The zero-order valence-corrected chi connectivity index (χ0v) is 11.4. The third kappa shape index (κ3) is 4.89. The molecule has 0 radical (unpaired) electrons. The monoisotopic (exact) mass is 284 g/mol. The lowest BCUT2D eigenvalue weighted by Gasteiger charge is -2.11. The smallest absolute Gasteiger partial charge is 0.245 e. The predicted octanol–water partition coefficient (Wildman–Crippen LogP) is -0.761. The molecule has 2 N–H and O–H groups in total. The van der Waals surface area contributed by atoms with Gasteiger partial charge in [-0.2, -0.15) is 9.47 Å². The van der Waals surface area contributed by atoms with Crippen molar-refractivity contribution in [3.8, 4) is 5.88 Å². The summed E-state index contributed by atoms with van der Waals surface area (Å²) in [7, 11) is 1.83. The van der Waals surface area contributed by atoms with Crippen LogP contribution >= 0.6 is 11.7 Å². The largest absolute Gasteiger partial charge is 0.473 e. The minimum Gasteiger partial charge on any atom is -0.473 e. The van der Waals surface area contributed by atoms with E-state index in [1.807, 2.05) is 7.05 Å². The van der Waals surface area contributed by atoms with Crippen LogP contribution < -0.4 is 10.1 Å². The highest BCUT2D eigenvalue weighted by atomic mass is 32.1. The summed E-state index contributed by atoms with van der Waals surface area (Å²) < 4.78 is 14.6. The van der Waals surface area contributed by atoms with E-state index in [4.69, 9.17) is 4.74 Å². The molecular weight excluding hydrogens is 268 g/mol. The molecule has 0 fully saturated rings. The second-order valence-corrected chi connectivity index (χ2v) is 4.56. The molecule has 2 aromatic rings. The summed E-state index contributed by atoms with van der Waals surface area (Å²) in [5.41, 5.74) is 0. The molecule has 0 bridgehead atoms. The van der Waals surface area contributed by atoms with Gasteiger partial charge in [0.05, 0.1) is 11.7 Å². The summed E-state index contributed by atoms with van der Waals surface area (Å²) in [5, 5.41) is 17.0. The van der Waals surface area contributed by atoms with Gasteiger partial charge in [-0.1, -0.05) is 0 Å². The van der Waals surface area contributed by atoms with Crippen LogP contribution in [0, 0.1) is 0 Å². The van der Waals surface area contributed by atoms with Crippen LogP contribution in [0.1, 0.15) is 5.82 Å². The predicted molar refractivity (Wildman–Crippen MR) is 69.0 cm³/mol. The van der Waals surface area contributed by atoms with Crippen LogP contribution in [0.3, 0.4) is 0 Å². The second-order valence-electron chi connectivity index (χ2n) is 4.00. The van der Waals surface area contributed by atoms with Crippen molar-refractivity contribution >= 4 is 11.7 Å². The molecule has 0 aromatic carbocycles. The van der Waals surface area contributed by atoms with Gasteiger partial charge in [-0.25, -0.2) is 4.98 Å². The van der Waals surface area contributed by atoms with Crippen molar-refractivity contribution in [2.24, 2.45) is 7.05 Å². The average Bonchev–Trinajstić information content (AvgIpc) is 3.04. The molecule has 2 aromatic heterocycles. The number of rotatable bonds is 8. The van der Waals surface area contributed by atoms with Crippen LogP contribution in [0.2, 0.25) is 0 Å². The van der Waals surface area contributed by atoms with Gasteiger partial charge in [-0.3, -0.25) is 4.68 Å². The topological polar surface area (TPSA) is 98.0 Å². The van der Waals surface area contributed by atoms with Crippen LogP contribution in [0.4, 0.5) is 0 Å². The fourth-order valence-electron chi connectivity index (χ4n) is 1.43. The molecule has 0 saturated carbocycles. The minimum atomic E-state index is -0.585. The van der Waals surface area contributed by atoms with Crippen LogP contribution in [0.15, 0.2) is 12.5 Å². The Hall–Kier alpha value is -1.58. The van der Waals surface area contributed by atoms with E-state index in [1.54, 1.807) is 11.0 Å². The van der Waals surface area contributed by atoms with Gasteiger partial charge in [0.25, 0.3) is 0 Å². The number of nitrogens with zero attached hydrogens (tertiary/aromatic N) is 5. The first-order valence-electron chi connectivity index (χ1n) is 5.87. The zero-order chi connectivity index (χ0) is 13.5. The Morgan fingerprint density at radius 2 is 2.47 bits per heavy atom. The maximum Gasteiger partial charge on any atom is 0.245 e. The molecule has 2 heterocycles. The Kier molecular flexibility index (Phi) is 5.19. The summed E-state index contributed by atoms with van der Waals surface area (Å²) in [6, 6.07) is 0. The molecule has 1 atom stereocenters. The Labute approximate surface area is 114 Å². The van der Waals surface area contributed by atoms with Crippen molar-refractivity contribution in [3.63, 3.8) is 0 Å². The van der Waals surface area contributed by atoms with Gasteiger partial charge in [0.15, 0.2) is 5.82 Å². The summed E-state index contributed by atoms with van der Waals surface area (Å²) in [6.45, 7) is 1.35. The van der Waals surface area contributed by atoms with Crippen molar-refractivity contribution in [3.05, 3.63) is 18.3 Å². The Balaban J connectivity index is 1.55. The first-order chi connectivity index (χ1) is 9.24. The van der Waals surface area contributed by atoms with Crippen LogP contribution in [0.5, 0.6) is 5.88 Å². The van der Waals surface area contributed by atoms with Gasteiger partial charge in [0.2, 0.25) is 5.88 Å². The summed E-state index contributed by atoms with van der Waals surface area (Å²) in [4.78, 5) is 4.11. The molecule has 0 saturated heterocycles. The van der Waals surface area contributed by atoms with Gasteiger partial charge < -0.3 is 15.2 Å². The van der Waals surface area contributed by atoms with Gasteiger partial charge in [-0.05, 0) is 0 Å². The van der Waals surface area contributed by atoms with Crippen molar-refractivity contribution < 1.29 is 9.84 Å². The maximum absolute atomic E-state index is 9.68. The highest BCUT2D eigenvalue weighted by Gasteiger charge is 2.06. The van der Waals surface area contributed by atoms with Crippen molar-refractivity contribution in [2.75, 3.05) is 19.7 Å². The molecule has 0 spiro atoms. The number of aliphatic hydroxyl groups is 1. The molecular formula is C10H16N6O2S. The van der Waals surface area contributed by atoms with E-state index in [0.29, 0.717) is 19.0 Å². The number of hydrogen-bond donors (Lipinski definition) is 2. The van der Waals surface area contributed by atoms with Crippen molar-refractivity contribution in [2.45, 2.75) is 12.5 Å². The van der Waals surface area contributed by atoms with Crippen molar-refractivity contribution in [1.82, 2.24) is 28.8 Å². The van der Waals surface area contributed by atoms with Gasteiger partial charge >= 0.3 is 0 Å². The Morgan fingerprint density at radius 1 is 1.58 bits per heavy atom. The van der Waals surface area contributed by atoms with E-state index in [-0.39, 0.29) is 6.61 Å². The first-order valence-corrected chi connectivity index (χ1v) is 6.60. The Bertz CT molecular complexity index is 474. The van der Waals surface area contributed by atoms with Crippen LogP contribution in [-0.4, -0.2) is 54.4 Å². The third-order valence-corrected chi connectivity index (χ3v) is 2.78. The SMILES string of the molecule is Cn1cnc(CCNCC(O)COc2cnsn2)n1. The summed E-state index contributed by atoms with van der Waals surface area (Å²) >= 11 is 1.07. The van der Waals surface area contributed by atoms with Crippen molar-refractivity contribution in [1.29, 1.82) is 0 Å². The van der Waals surface area contributed by atoms with Gasteiger partial charge in [-0.15, -0.1) is 4.37 Å². The average molecular weight is 284 g/mol. The molecule has 0 aliphatic heterocycles. The molecule has 0 aliphatic rings. The zero-order valence-electron chi connectivity index (χ0n) is 10.6. The number of aliphatic hydroxyl groups excluding tert-OH is 1. The van der Waals surface area contributed by atoms with E-state index in [0.717, 1.165) is 24.0 Å². The maximum atomic E-state index is 9.68. The van der Waals surface area contributed by atoms with Gasteiger partial charge in [0, 0.05) is 26.6 Å². The molecule has 0 aliphatic carbocycles. The number of ether oxygens (including phenoxy) is 1. The summed E-state index contributed by atoms with van der Waals surface area (Å²) in [5.74, 6) is 1.23. The summed E-state index contributed by atoms with van der Waals surface area (Å²) in [6.07, 6.45) is 3.33. The lowest BCUT2D eigenvalue weighted by atomic mass is 10.3. The van der Waals surface area contributed by atoms with E-state index in [1.165, 1.54) is 6.20 Å². The second kappa shape index (κ2) is 7.12. The van der Waals surface area contributed by atoms with Gasteiger partial charge in [0.1, 0.15) is 25.2 Å².